The van der Waals surface area contributed by atoms with Gasteiger partial charge >= 0.3 is 0 Å². The highest BCUT2D eigenvalue weighted by molar-refractivity contribution is 9.10. The summed E-state index contributed by atoms with van der Waals surface area (Å²) in [5.41, 5.74) is 3.79. The van der Waals surface area contributed by atoms with Gasteiger partial charge in [0.1, 0.15) is 11.3 Å². The lowest BCUT2D eigenvalue weighted by molar-refractivity contribution is 0.627. The first-order valence-corrected chi connectivity index (χ1v) is 9.87. The molecule has 0 aliphatic carbocycles. The highest BCUT2D eigenvalue weighted by Crippen LogP contribution is 2.35. The van der Waals surface area contributed by atoms with Gasteiger partial charge in [0, 0.05) is 9.86 Å². The highest BCUT2D eigenvalue weighted by atomic mass is 79.9. The molecule has 0 atom stereocenters. The molecule has 0 saturated heterocycles. The van der Waals surface area contributed by atoms with E-state index < -0.39 is 0 Å². The van der Waals surface area contributed by atoms with Crippen LogP contribution in [0.2, 0.25) is 0 Å². The number of nitrogens with zero attached hydrogens (tertiary/aromatic N) is 4. The topological polar surface area (TPSA) is 55.7 Å². The zero-order chi connectivity index (χ0) is 19.6. The minimum atomic E-state index is 0.635. The summed E-state index contributed by atoms with van der Waals surface area (Å²) in [6.07, 6.45) is 1.86. The summed E-state index contributed by atoms with van der Waals surface area (Å²) in [7, 11) is 0. The van der Waals surface area contributed by atoms with Crippen molar-refractivity contribution in [1.29, 1.82) is 0 Å². The van der Waals surface area contributed by atoms with E-state index in [0.29, 0.717) is 17.1 Å². The fourth-order valence-electron chi connectivity index (χ4n) is 3.06. The van der Waals surface area contributed by atoms with Crippen LogP contribution in [-0.4, -0.2) is 9.78 Å². The summed E-state index contributed by atoms with van der Waals surface area (Å²) >= 11 is 3.50. The molecule has 0 radical (unpaired) electrons. The third-order valence-electron chi connectivity index (χ3n) is 4.46. The largest absolute Gasteiger partial charge is 0.454 e. The zero-order valence-electron chi connectivity index (χ0n) is 15.2. The molecular weight excluding hydrogens is 428 g/mol. The predicted molar refractivity (Wildman–Crippen MR) is 117 cm³/mol. The minimum absolute atomic E-state index is 0.635. The van der Waals surface area contributed by atoms with Gasteiger partial charge in [0.25, 0.3) is 0 Å². The van der Waals surface area contributed by atoms with Gasteiger partial charge in [-0.05, 0) is 48.5 Å². The highest BCUT2D eigenvalue weighted by Gasteiger charge is 2.17. The molecule has 0 amide bonds. The van der Waals surface area contributed by atoms with Crippen molar-refractivity contribution in [2.24, 2.45) is 10.2 Å². The van der Waals surface area contributed by atoms with Crippen LogP contribution < -0.4 is 0 Å². The van der Waals surface area contributed by atoms with Crippen molar-refractivity contribution < 1.29 is 4.42 Å². The van der Waals surface area contributed by atoms with Crippen LogP contribution in [0.5, 0.6) is 0 Å². The fourth-order valence-corrected chi connectivity index (χ4v) is 3.44. The van der Waals surface area contributed by atoms with Crippen LogP contribution in [0, 0.1) is 0 Å². The Hall–Kier alpha value is -3.51. The van der Waals surface area contributed by atoms with E-state index in [2.05, 4.69) is 26.2 Å². The van der Waals surface area contributed by atoms with Gasteiger partial charge in [0.05, 0.1) is 17.6 Å². The van der Waals surface area contributed by atoms with Gasteiger partial charge in [0.15, 0.2) is 11.5 Å². The van der Waals surface area contributed by atoms with E-state index in [-0.39, 0.29) is 0 Å². The second-order valence-electron chi connectivity index (χ2n) is 6.47. The van der Waals surface area contributed by atoms with Crippen molar-refractivity contribution in [3.05, 3.63) is 95.6 Å². The molecule has 2 aromatic heterocycles. The van der Waals surface area contributed by atoms with Crippen LogP contribution in [0.3, 0.4) is 0 Å². The second-order valence-corrected chi connectivity index (χ2v) is 7.39. The van der Waals surface area contributed by atoms with Crippen LogP contribution in [-0.2, 0) is 0 Å². The number of hydrogen-bond acceptors (Lipinski definition) is 4. The lowest BCUT2D eigenvalue weighted by atomic mass is 10.2. The molecular formula is C23H15BrN4O. The van der Waals surface area contributed by atoms with Crippen LogP contribution in [0.1, 0.15) is 0 Å². The van der Waals surface area contributed by atoms with Crippen molar-refractivity contribution in [3.63, 3.8) is 0 Å². The van der Waals surface area contributed by atoms with Gasteiger partial charge in [-0.2, -0.15) is 10.2 Å². The van der Waals surface area contributed by atoms with Gasteiger partial charge in [-0.15, -0.1) is 5.11 Å². The monoisotopic (exact) mass is 442 g/mol. The average Bonchev–Trinajstić information content (AvgIpc) is 3.37. The van der Waals surface area contributed by atoms with Crippen molar-refractivity contribution in [3.8, 4) is 17.1 Å². The van der Waals surface area contributed by atoms with E-state index in [1.165, 1.54) is 0 Å². The summed E-state index contributed by atoms with van der Waals surface area (Å²) in [6, 6.07) is 27.4. The number of azo groups is 1. The molecule has 5 nitrogen and oxygen atoms in total. The number of benzene rings is 3. The maximum absolute atomic E-state index is 6.05. The van der Waals surface area contributed by atoms with Gasteiger partial charge < -0.3 is 4.42 Å². The molecule has 0 aliphatic rings. The number of furan rings is 1. The molecule has 29 heavy (non-hydrogen) atoms. The molecule has 6 heteroatoms. The molecule has 2 heterocycles. The molecule has 5 aromatic rings. The average molecular weight is 443 g/mol. The Morgan fingerprint density at radius 2 is 1.59 bits per heavy atom. The number of rotatable bonds is 4. The summed E-state index contributed by atoms with van der Waals surface area (Å²) in [4.78, 5) is 0. The predicted octanol–water partition coefficient (Wildman–Crippen LogP) is 7.46. The number of aromatic nitrogens is 2. The van der Waals surface area contributed by atoms with E-state index in [4.69, 9.17) is 9.52 Å². The first kappa shape index (κ1) is 17.6. The Bertz CT molecular complexity index is 1310. The van der Waals surface area contributed by atoms with Crippen molar-refractivity contribution in [2.45, 2.75) is 0 Å². The Balaban J connectivity index is 1.63. The molecule has 0 aliphatic heterocycles. The molecule has 140 valence electrons. The lowest BCUT2D eigenvalue weighted by Gasteiger charge is -1.98. The zero-order valence-corrected chi connectivity index (χ0v) is 16.8. The Morgan fingerprint density at radius 1 is 0.828 bits per heavy atom. The SMILES string of the molecule is Brc1ccc2oc(-c3nn(-c4ccccc4)cc3N=Nc3ccccc3)cc2c1. The minimum Gasteiger partial charge on any atom is -0.454 e. The standard InChI is InChI=1S/C23H15BrN4O/c24-17-11-12-21-16(13-17)14-22(29-21)23-20(26-25-18-7-3-1-4-8-18)15-28(27-23)19-9-5-2-6-10-19/h1-15H. The fraction of sp³-hybridized carbons (Fsp3) is 0. The molecule has 0 unspecified atom stereocenters. The van der Waals surface area contributed by atoms with Crippen LogP contribution in [0.15, 0.2) is 110 Å². The molecule has 5 rings (SSSR count). The van der Waals surface area contributed by atoms with Crippen molar-refractivity contribution in [1.82, 2.24) is 9.78 Å². The number of hydrogen-bond donors (Lipinski definition) is 0. The lowest BCUT2D eigenvalue weighted by Crippen LogP contribution is -1.93. The molecule has 3 aromatic carbocycles. The van der Waals surface area contributed by atoms with E-state index in [1.54, 1.807) is 4.68 Å². The Labute approximate surface area is 175 Å². The third-order valence-corrected chi connectivity index (χ3v) is 4.95. The van der Waals surface area contributed by atoms with Gasteiger partial charge in [-0.3, -0.25) is 0 Å². The number of halogens is 1. The molecule has 0 spiro atoms. The van der Waals surface area contributed by atoms with E-state index >= 15 is 0 Å². The van der Waals surface area contributed by atoms with E-state index in [0.717, 1.165) is 26.8 Å². The van der Waals surface area contributed by atoms with Crippen molar-refractivity contribution in [2.75, 3.05) is 0 Å². The van der Waals surface area contributed by atoms with E-state index in [1.807, 2.05) is 91.1 Å². The van der Waals surface area contributed by atoms with E-state index in [9.17, 15) is 0 Å². The summed E-state index contributed by atoms with van der Waals surface area (Å²) in [5.74, 6) is 0.648. The van der Waals surface area contributed by atoms with Crippen LogP contribution in [0.25, 0.3) is 28.1 Å². The van der Waals surface area contributed by atoms with Crippen LogP contribution >= 0.6 is 15.9 Å². The molecule has 0 fully saturated rings. The maximum Gasteiger partial charge on any atom is 0.158 e. The van der Waals surface area contributed by atoms with Crippen molar-refractivity contribution >= 4 is 38.3 Å². The molecule has 0 N–H and O–H groups in total. The third kappa shape index (κ3) is 3.62. The quantitative estimate of drug-likeness (QED) is 0.271. The van der Waals surface area contributed by atoms with Gasteiger partial charge in [-0.1, -0.05) is 52.3 Å². The molecule has 0 saturated carbocycles. The maximum atomic E-state index is 6.05. The Kier molecular flexibility index (Phi) is 4.54. The van der Waals surface area contributed by atoms with Gasteiger partial charge in [-0.25, -0.2) is 4.68 Å². The summed E-state index contributed by atoms with van der Waals surface area (Å²) in [5, 5.41) is 14.6. The second kappa shape index (κ2) is 7.48. The first-order chi connectivity index (χ1) is 14.3. The molecule has 0 bridgehead atoms. The first-order valence-electron chi connectivity index (χ1n) is 9.08. The van der Waals surface area contributed by atoms with Crippen LogP contribution in [0.4, 0.5) is 11.4 Å². The van der Waals surface area contributed by atoms with Gasteiger partial charge in [0.2, 0.25) is 0 Å². The summed E-state index contributed by atoms with van der Waals surface area (Å²) < 4.78 is 8.84. The number of fused-ring (bicyclic) bond motifs is 1. The number of para-hydroxylation sites is 1. The summed E-state index contributed by atoms with van der Waals surface area (Å²) in [6.45, 7) is 0. The smallest absolute Gasteiger partial charge is 0.158 e. The normalized spacial score (nSPS) is 11.5. The Morgan fingerprint density at radius 3 is 2.38 bits per heavy atom.